The zero-order chi connectivity index (χ0) is 12.7. The molecule has 0 fully saturated rings. The molecule has 0 saturated carbocycles. The fraction of sp³-hybridized carbons (Fsp3) is 0.231. The van der Waals surface area contributed by atoms with Gasteiger partial charge in [-0.2, -0.15) is 0 Å². The molecule has 3 rings (SSSR count). The highest BCUT2D eigenvalue weighted by molar-refractivity contribution is 7.18. The van der Waals surface area contributed by atoms with Crippen LogP contribution in [0.2, 0.25) is 0 Å². The van der Waals surface area contributed by atoms with E-state index in [2.05, 4.69) is 34.0 Å². The van der Waals surface area contributed by atoms with E-state index in [-0.39, 0.29) is 0 Å². The summed E-state index contributed by atoms with van der Waals surface area (Å²) in [5, 5.41) is 0.581. The van der Waals surface area contributed by atoms with Crippen molar-refractivity contribution in [2.45, 2.75) is 20.3 Å². The first-order valence-electron chi connectivity index (χ1n) is 5.89. The number of imidazole rings is 1. The van der Waals surface area contributed by atoms with Gasteiger partial charge in [0.05, 0.1) is 21.6 Å². The highest BCUT2D eigenvalue weighted by atomic mass is 32.1. The molecule has 0 aliphatic rings. The van der Waals surface area contributed by atoms with Gasteiger partial charge in [0.15, 0.2) is 11.0 Å². The molecule has 0 bridgehead atoms. The third-order valence-corrected chi connectivity index (χ3v) is 3.98. The molecule has 4 nitrogen and oxygen atoms in total. The summed E-state index contributed by atoms with van der Waals surface area (Å²) in [6.07, 6.45) is 1.02. The van der Waals surface area contributed by atoms with Crippen LogP contribution in [0.5, 0.6) is 0 Å². The minimum Gasteiger partial charge on any atom is -0.375 e. The van der Waals surface area contributed by atoms with E-state index >= 15 is 0 Å². The average Bonchev–Trinajstić information content (AvgIpc) is 2.90. The van der Waals surface area contributed by atoms with Crippen LogP contribution in [0.1, 0.15) is 18.2 Å². The number of benzene rings is 1. The number of aromatic amines is 1. The largest absolute Gasteiger partial charge is 0.375 e. The summed E-state index contributed by atoms with van der Waals surface area (Å²) >= 11 is 1.47. The van der Waals surface area contributed by atoms with Crippen LogP contribution in [0.4, 0.5) is 5.13 Å². The van der Waals surface area contributed by atoms with E-state index in [1.54, 1.807) is 0 Å². The van der Waals surface area contributed by atoms with Gasteiger partial charge in [0.2, 0.25) is 0 Å². The zero-order valence-corrected chi connectivity index (χ0v) is 11.1. The van der Waals surface area contributed by atoms with Gasteiger partial charge < -0.3 is 10.7 Å². The van der Waals surface area contributed by atoms with Crippen LogP contribution < -0.4 is 5.73 Å². The van der Waals surface area contributed by atoms with Crippen LogP contribution >= 0.6 is 11.3 Å². The fourth-order valence-electron chi connectivity index (χ4n) is 2.02. The third-order valence-electron chi connectivity index (χ3n) is 2.98. The Morgan fingerprint density at radius 2 is 2.17 bits per heavy atom. The number of hydrogen-bond acceptors (Lipinski definition) is 4. The molecule has 3 N–H and O–H groups in total. The van der Waals surface area contributed by atoms with E-state index in [9.17, 15) is 0 Å². The third kappa shape index (κ3) is 1.76. The number of thiazole rings is 1. The van der Waals surface area contributed by atoms with E-state index in [0.717, 1.165) is 33.8 Å². The van der Waals surface area contributed by atoms with Crippen LogP contribution in [0.15, 0.2) is 18.2 Å². The normalized spacial score (nSPS) is 11.2. The Balaban J connectivity index is 2.16. The number of aryl methyl sites for hydroxylation is 2. The number of rotatable bonds is 2. The van der Waals surface area contributed by atoms with Crippen LogP contribution in [0, 0.1) is 6.92 Å². The Morgan fingerprint density at radius 3 is 2.83 bits per heavy atom. The second-order valence-electron chi connectivity index (χ2n) is 4.26. The number of nitrogens with one attached hydrogen (secondary N) is 1. The minimum absolute atomic E-state index is 0.581. The highest BCUT2D eigenvalue weighted by Gasteiger charge is 2.12. The van der Waals surface area contributed by atoms with Crippen molar-refractivity contribution in [3.05, 3.63) is 29.5 Å². The number of nitrogen functional groups attached to an aromatic ring is 1. The molecular formula is C13H14N4S. The maximum atomic E-state index is 5.72. The van der Waals surface area contributed by atoms with Gasteiger partial charge in [-0.05, 0) is 31.0 Å². The van der Waals surface area contributed by atoms with E-state index < -0.39 is 0 Å². The monoisotopic (exact) mass is 258 g/mol. The Morgan fingerprint density at radius 1 is 1.33 bits per heavy atom. The van der Waals surface area contributed by atoms with Crippen molar-refractivity contribution in [2.24, 2.45) is 0 Å². The quantitative estimate of drug-likeness (QED) is 0.742. The standard InChI is InChI=1S/C13H14N4S/c1-3-8-4-5-9-10(6-8)17-12(16-9)11-7(2)15-13(14)18-11/h4-6H,3H2,1-2H3,(H2,14,15)(H,16,17). The van der Waals surface area contributed by atoms with Crippen molar-refractivity contribution in [1.82, 2.24) is 15.0 Å². The van der Waals surface area contributed by atoms with Gasteiger partial charge in [0, 0.05) is 0 Å². The molecule has 18 heavy (non-hydrogen) atoms. The van der Waals surface area contributed by atoms with Crippen molar-refractivity contribution in [3.63, 3.8) is 0 Å². The first-order chi connectivity index (χ1) is 8.67. The lowest BCUT2D eigenvalue weighted by atomic mass is 10.1. The summed E-state index contributed by atoms with van der Waals surface area (Å²) in [5.41, 5.74) is 10.00. The number of nitrogens with zero attached hydrogens (tertiary/aromatic N) is 2. The number of H-pyrrole nitrogens is 1. The molecule has 0 atom stereocenters. The molecule has 1 aromatic carbocycles. The summed E-state index contributed by atoms with van der Waals surface area (Å²) in [5.74, 6) is 0.852. The van der Waals surface area contributed by atoms with Crippen molar-refractivity contribution in [2.75, 3.05) is 5.73 Å². The maximum Gasteiger partial charge on any atom is 0.180 e. The molecule has 2 heterocycles. The molecule has 0 aliphatic heterocycles. The predicted octanol–water partition coefficient (Wildman–Crippen LogP) is 3.14. The maximum absolute atomic E-state index is 5.72. The minimum atomic E-state index is 0.581. The first kappa shape index (κ1) is 11.2. The highest BCUT2D eigenvalue weighted by Crippen LogP contribution is 2.30. The lowest BCUT2D eigenvalue weighted by Gasteiger charge is -1.94. The summed E-state index contributed by atoms with van der Waals surface area (Å²) < 4.78 is 0. The molecule has 0 aliphatic carbocycles. The van der Waals surface area contributed by atoms with Gasteiger partial charge in [0.1, 0.15) is 0 Å². The molecule has 0 amide bonds. The Bertz CT molecular complexity index is 711. The SMILES string of the molecule is CCc1ccc2nc(-c3sc(N)nc3C)[nH]c2c1. The van der Waals surface area contributed by atoms with Crippen molar-refractivity contribution < 1.29 is 0 Å². The van der Waals surface area contributed by atoms with Gasteiger partial charge in [-0.3, -0.25) is 0 Å². The summed E-state index contributed by atoms with van der Waals surface area (Å²) in [6, 6.07) is 6.31. The topological polar surface area (TPSA) is 67.6 Å². The Kier molecular flexibility index (Phi) is 2.56. The van der Waals surface area contributed by atoms with E-state index in [1.807, 2.05) is 13.0 Å². The van der Waals surface area contributed by atoms with Crippen molar-refractivity contribution >= 4 is 27.5 Å². The van der Waals surface area contributed by atoms with Gasteiger partial charge >= 0.3 is 0 Å². The number of aromatic nitrogens is 3. The molecular weight excluding hydrogens is 244 g/mol. The number of fused-ring (bicyclic) bond motifs is 1. The van der Waals surface area contributed by atoms with Gasteiger partial charge in [-0.1, -0.05) is 24.3 Å². The molecule has 0 unspecified atom stereocenters. The Labute approximate surface area is 109 Å². The summed E-state index contributed by atoms with van der Waals surface area (Å²) in [7, 11) is 0. The van der Waals surface area contributed by atoms with Crippen LogP contribution in [-0.2, 0) is 6.42 Å². The number of anilines is 1. The van der Waals surface area contributed by atoms with E-state index in [1.165, 1.54) is 16.9 Å². The fourth-order valence-corrected chi connectivity index (χ4v) is 2.80. The second kappa shape index (κ2) is 4.10. The summed E-state index contributed by atoms with van der Waals surface area (Å²) in [6.45, 7) is 4.10. The predicted molar refractivity (Wildman–Crippen MR) is 75.7 cm³/mol. The van der Waals surface area contributed by atoms with Crippen LogP contribution in [-0.4, -0.2) is 15.0 Å². The number of nitrogens with two attached hydrogens (primary N) is 1. The molecule has 0 spiro atoms. The lowest BCUT2D eigenvalue weighted by molar-refractivity contribution is 1.14. The van der Waals surface area contributed by atoms with Gasteiger partial charge in [0.25, 0.3) is 0 Å². The number of hydrogen-bond donors (Lipinski definition) is 2. The zero-order valence-electron chi connectivity index (χ0n) is 10.3. The lowest BCUT2D eigenvalue weighted by Crippen LogP contribution is -1.81. The second-order valence-corrected chi connectivity index (χ2v) is 5.29. The Hall–Kier alpha value is -1.88. The average molecular weight is 258 g/mol. The van der Waals surface area contributed by atoms with Gasteiger partial charge in [-0.25, -0.2) is 9.97 Å². The van der Waals surface area contributed by atoms with Crippen LogP contribution in [0.3, 0.4) is 0 Å². The van der Waals surface area contributed by atoms with Crippen molar-refractivity contribution in [1.29, 1.82) is 0 Å². The molecule has 2 aromatic heterocycles. The smallest absolute Gasteiger partial charge is 0.180 e. The van der Waals surface area contributed by atoms with E-state index in [4.69, 9.17) is 5.73 Å². The molecule has 0 radical (unpaired) electrons. The van der Waals surface area contributed by atoms with Crippen LogP contribution in [0.25, 0.3) is 21.7 Å². The summed E-state index contributed by atoms with van der Waals surface area (Å²) in [4.78, 5) is 13.2. The molecule has 5 heteroatoms. The molecule has 0 saturated heterocycles. The molecule has 92 valence electrons. The van der Waals surface area contributed by atoms with E-state index in [0.29, 0.717) is 5.13 Å². The molecule has 3 aromatic rings. The van der Waals surface area contributed by atoms with Crippen molar-refractivity contribution in [3.8, 4) is 10.7 Å². The van der Waals surface area contributed by atoms with Gasteiger partial charge in [-0.15, -0.1) is 0 Å². The first-order valence-corrected chi connectivity index (χ1v) is 6.71.